The van der Waals surface area contributed by atoms with Crippen molar-refractivity contribution in [2.75, 3.05) is 10.6 Å². The second kappa shape index (κ2) is 5.35. The molecule has 1 aromatic carbocycles. The van der Waals surface area contributed by atoms with Crippen molar-refractivity contribution in [1.29, 1.82) is 5.26 Å². The van der Waals surface area contributed by atoms with Crippen molar-refractivity contribution in [3.05, 3.63) is 46.3 Å². The van der Waals surface area contributed by atoms with Gasteiger partial charge in [-0.15, -0.1) is 11.3 Å². The zero-order valence-corrected chi connectivity index (χ0v) is 11.6. The maximum Gasteiger partial charge on any atom is 0.324 e. The molecule has 1 aliphatic carbocycles. The van der Waals surface area contributed by atoms with E-state index in [9.17, 15) is 10.1 Å². The number of para-hydroxylation sites is 1. The van der Waals surface area contributed by atoms with Gasteiger partial charge in [0.15, 0.2) is 0 Å². The average molecular weight is 283 g/mol. The van der Waals surface area contributed by atoms with Gasteiger partial charge in [0.2, 0.25) is 0 Å². The number of nitrogens with zero attached hydrogens (tertiary/aromatic N) is 1. The molecule has 0 saturated carbocycles. The molecule has 100 valence electrons. The van der Waals surface area contributed by atoms with Gasteiger partial charge in [-0.3, -0.25) is 5.32 Å². The molecule has 0 radical (unpaired) electrons. The van der Waals surface area contributed by atoms with Gasteiger partial charge in [0.1, 0.15) is 11.1 Å². The molecular weight excluding hydrogens is 270 g/mol. The maximum absolute atomic E-state index is 12.0. The summed E-state index contributed by atoms with van der Waals surface area (Å²) in [5, 5.41) is 15.5. The van der Waals surface area contributed by atoms with E-state index in [0.717, 1.165) is 30.5 Å². The molecule has 0 spiro atoms. The van der Waals surface area contributed by atoms with Gasteiger partial charge in [-0.1, -0.05) is 18.2 Å². The van der Waals surface area contributed by atoms with Crippen LogP contribution in [0.25, 0.3) is 0 Å². The number of hydrogen-bond donors (Lipinski definition) is 2. The number of benzene rings is 1. The molecule has 20 heavy (non-hydrogen) atoms. The molecule has 0 bridgehead atoms. The minimum absolute atomic E-state index is 0.312. The molecule has 1 heterocycles. The lowest BCUT2D eigenvalue weighted by Gasteiger charge is -2.06. The summed E-state index contributed by atoms with van der Waals surface area (Å²) in [5.74, 6) is 0. The third-order valence-corrected chi connectivity index (χ3v) is 4.50. The van der Waals surface area contributed by atoms with E-state index in [1.54, 1.807) is 0 Å². The topological polar surface area (TPSA) is 64.9 Å². The van der Waals surface area contributed by atoms with E-state index in [0.29, 0.717) is 10.6 Å². The predicted molar refractivity (Wildman–Crippen MR) is 80.1 cm³/mol. The van der Waals surface area contributed by atoms with Crippen LogP contribution >= 0.6 is 11.3 Å². The zero-order valence-electron chi connectivity index (χ0n) is 10.8. The standard InChI is InChI=1S/C15H13N3OS/c16-9-12-11-7-4-8-13(11)20-14(12)18-15(19)17-10-5-2-1-3-6-10/h1-3,5-6H,4,7-8H2,(H2,17,18,19). The fourth-order valence-corrected chi connectivity index (χ4v) is 3.63. The molecule has 5 heteroatoms. The molecule has 0 unspecified atom stereocenters. The SMILES string of the molecule is N#Cc1c(NC(=O)Nc2ccccc2)sc2c1CCC2. The summed E-state index contributed by atoms with van der Waals surface area (Å²) in [6, 6.07) is 11.1. The van der Waals surface area contributed by atoms with Gasteiger partial charge in [0.05, 0.1) is 5.56 Å². The molecule has 0 fully saturated rings. The summed E-state index contributed by atoms with van der Waals surface area (Å²) >= 11 is 1.52. The van der Waals surface area contributed by atoms with Crippen LogP contribution in [0.2, 0.25) is 0 Å². The highest BCUT2D eigenvalue weighted by atomic mass is 32.1. The number of anilines is 2. The summed E-state index contributed by atoms with van der Waals surface area (Å²) < 4.78 is 0. The maximum atomic E-state index is 12.0. The smallest absolute Gasteiger partial charge is 0.308 e. The van der Waals surface area contributed by atoms with Crippen molar-refractivity contribution < 1.29 is 4.79 Å². The van der Waals surface area contributed by atoms with Gasteiger partial charge in [-0.2, -0.15) is 5.26 Å². The Balaban J connectivity index is 1.75. The van der Waals surface area contributed by atoms with E-state index < -0.39 is 0 Å². The first-order valence-corrected chi connectivity index (χ1v) is 7.27. The van der Waals surface area contributed by atoms with Crippen LogP contribution in [0.15, 0.2) is 30.3 Å². The molecule has 1 aromatic heterocycles. The van der Waals surface area contributed by atoms with Crippen molar-refractivity contribution in [2.24, 2.45) is 0 Å². The molecule has 2 aromatic rings. The molecule has 0 saturated heterocycles. The number of thiophene rings is 1. The number of nitriles is 1. The lowest BCUT2D eigenvalue weighted by molar-refractivity contribution is 0.262. The highest BCUT2D eigenvalue weighted by Gasteiger charge is 2.22. The van der Waals surface area contributed by atoms with Crippen LogP contribution in [0, 0.1) is 11.3 Å². The van der Waals surface area contributed by atoms with E-state index in [2.05, 4.69) is 16.7 Å². The third-order valence-electron chi connectivity index (χ3n) is 3.29. The number of urea groups is 1. The number of nitrogens with one attached hydrogen (secondary N) is 2. The number of rotatable bonds is 2. The van der Waals surface area contributed by atoms with Crippen LogP contribution in [0.5, 0.6) is 0 Å². The number of carbonyl (C=O) groups excluding carboxylic acids is 1. The van der Waals surface area contributed by atoms with Crippen LogP contribution in [-0.2, 0) is 12.8 Å². The monoisotopic (exact) mass is 283 g/mol. The zero-order chi connectivity index (χ0) is 13.9. The minimum Gasteiger partial charge on any atom is -0.308 e. The second-order valence-electron chi connectivity index (χ2n) is 4.62. The normalized spacial score (nSPS) is 12.6. The lowest BCUT2D eigenvalue weighted by atomic mass is 10.1. The molecule has 1 aliphatic rings. The molecule has 2 N–H and O–H groups in total. The first kappa shape index (κ1) is 12.7. The molecular formula is C15H13N3OS. The number of fused-ring (bicyclic) bond motifs is 1. The van der Waals surface area contributed by atoms with E-state index in [-0.39, 0.29) is 6.03 Å². The Hall–Kier alpha value is -2.32. The Labute approximate surface area is 121 Å². The summed E-state index contributed by atoms with van der Waals surface area (Å²) in [4.78, 5) is 13.2. The Bertz CT molecular complexity index is 685. The van der Waals surface area contributed by atoms with Crippen LogP contribution in [0.4, 0.5) is 15.5 Å². The Morgan fingerprint density at radius 1 is 1.20 bits per heavy atom. The van der Waals surface area contributed by atoms with Crippen molar-refractivity contribution in [2.45, 2.75) is 19.3 Å². The quantitative estimate of drug-likeness (QED) is 0.881. The third kappa shape index (κ3) is 2.38. The first-order chi connectivity index (χ1) is 9.78. The van der Waals surface area contributed by atoms with Gasteiger partial charge in [0, 0.05) is 10.6 Å². The van der Waals surface area contributed by atoms with E-state index in [1.807, 2.05) is 30.3 Å². The van der Waals surface area contributed by atoms with Gasteiger partial charge in [0.25, 0.3) is 0 Å². The summed E-state index contributed by atoms with van der Waals surface area (Å²) in [6.45, 7) is 0. The fraction of sp³-hybridized carbons (Fsp3) is 0.200. The van der Waals surface area contributed by atoms with Crippen molar-refractivity contribution in [3.8, 4) is 6.07 Å². The molecule has 3 rings (SSSR count). The van der Waals surface area contributed by atoms with E-state index >= 15 is 0 Å². The van der Waals surface area contributed by atoms with Crippen LogP contribution in [-0.4, -0.2) is 6.03 Å². The summed E-state index contributed by atoms with van der Waals surface area (Å²) in [5.41, 5.74) is 2.48. The van der Waals surface area contributed by atoms with Gasteiger partial charge in [-0.25, -0.2) is 4.79 Å². The van der Waals surface area contributed by atoms with Crippen LogP contribution in [0.3, 0.4) is 0 Å². The minimum atomic E-state index is -0.312. The molecule has 0 atom stereocenters. The van der Waals surface area contributed by atoms with Gasteiger partial charge >= 0.3 is 6.03 Å². The Kier molecular flexibility index (Phi) is 3.40. The van der Waals surface area contributed by atoms with Crippen molar-refractivity contribution in [3.63, 3.8) is 0 Å². The lowest BCUT2D eigenvalue weighted by Crippen LogP contribution is -2.19. The van der Waals surface area contributed by atoms with Gasteiger partial charge < -0.3 is 5.32 Å². The van der Waals surface area contributed by atoms with Crippen molar-refractivity contribution >= 4 is 28.1 Å². The summed E-state index contributed by atoms with van der Waals surface area (Å²) in [6.07, 6.45) is 3.06. The van der Waals surface area contributed by atoms with Crippen LogP contribution < -0.4 is 10.6 Å². The number of hydrogen-bond acceptors (Lipinski definition) is 3. The molecule has 0 aliphatic heterocycles. The first-order valence-electron chi connectivity index (χ1n) is 6.45. The highest BCUT2D eigenvalue weighted by molar-refractivity contribution is 7.16. The second-order valence-corrected chi connectivity index (χ2v) is 5.72. The fourth-order valence-electron chi connectivity index (χ4n) is 2.40. The largest absolute Gasteiger partial charge is 0.324 e. The van der Waals surface area contributed by atoms with E-state index in [4.69, 9.17) is 0 Å². The predicted octanol–water partition coefficient (Wildman–Crippen LogP) is 3.75. The summed E-state index contributed by atoms with van der Waals surface area (Å²) in [7, 11) is 0. The van der Waals surface area contributed by atoms with Crippen LogP contribution in [0.1, 0.15) is 22.4 Å². The number of amides is 2. The Morgan fingerprint density at radius 3 is 2.75 bits per heavy atom. The Morgan fingerprint density at radius 2 is 2.00 bits per heavy atom. The average Bonchev–Trinajstić information content (AvgIpc) is 3.00. The van der Waals surface area contributed by atoms with E-state index in [1.165, 1.54) is 16.2 Å². The number of aryl methyl sites for hydroxylation is 1. The van der Waals surface area contributed by atoms with Crippen molar-refractivity contribution in [1.82, 2.24) is 0 Å². The molecule has 4 nitrogen and oxygen atoms in total. The highest BCUT2D eigenvalue weighted by Crippen LogP contribution is 2.38. The molecule has 2 amide bonds. The number of carbonyl (C=O) groups is 1. The van der Waals surface area contributed by atoms with Gasteiger partial charge in [-0.05, 0) is 37.0 Å².